The largest absolute Gasteiger partial charge is 0.300 e. The van der Waals surface area contributed by atoms with Gasteiger partial charge in [-0.25, -0.2) is 0 Å². The molecule has 13 heavy (non-hydrogen) atoms. The summed E-state index contributed by atoms with van der Waals surface area (Å²) in [5.74, 6) is 0.812. The maximum atomic E-state index is 10.5. The first kappa shape index (κ1) is 12.4. The van der Waals surface area contributed by atoms with Crippen molar-refractivity contribution in [2.24, 2.45) is 5.92 Å². The van der Waals surface area contributed by atoms with Gasteiger partial charge in [0.2, 0.25) is 0 Å². The molecule has 1 radical (unpaired) electrons. The molecule has 0 bridgehead atoms. The highest BCUT2D eigenvalue weighted by Crippen LogP contribution is 2.13. The number of hydrogen-bond donors (Lipinski definition) is 0. The topological polar surface area (TPSA) is 17.1 Å². The van der Waals surface area contributed by atoms with Crippen LogP contribution in [0.5, 0.6) is 0 Å². The lowest BCUT2D eigenvalue weighted by Crippen LogP contribution is -1.94. The van der Waals surface area contributed by atoms with Crippen LogP contribution in [0.2, 0.25) is 0 Å². The number of hydrogen-bond acceptors (Lipinski definition) is 1. The number of Topliss-reactive ketones (excluding diaryl/α,β-unsaturated/α-hetero) is 1. The molecule has 0 unspecified atom stereocenters. The molecule has 1 nitrogen and oxygen atoms in total. The maximum absolute atomic E-state index is 10.5. The Morgan fingerprint density at radius 2 is 2.08 bits per heavy atom. The van der Waals surface area contributed by atoms with E-state index in [-0.39, 0.29) is 5.78 Å². The molecule has 0 spiro atoms. The van der Waals surface area contributed by atoms with E-state index in [4.69, 9.17) is 0 Å². The minimum Gasteiger partial charge on any atom is -0.300 e. The average Bonchev–Trinajstić information content (AvgIpc) is 2.03. The van der Waals surface area contributed by atoms with Crippen LogP contribution < -0.4 is 0 Å². The van der Waals surface area contributed by atoms with E-state index >= 15 is 0 Å². The molecule has 0 aromatic heterocycles. The molecule has 1 atom stereocenters. The first-order valence-electron chi connectivity index (χ1n) is 5.12. The van der Waals surface area contributed by atoms with Crippen molar-refractivity contribution in [2.75, 3.05) is 0 Å². The molecule has 0 heterocycles. The van der Waals surface area contributed by atoms with Crippen LogP contribution in [0, 0.1) is 12.8 Å². The van der Waals surface area contributed by atoms with Crippen LogP contribution in [-0.4, -0.2) is 5.78 Å². The Hall–Kier alpha value is -0.590. The van der Waals surface area contributed by atoms with Crippen molar-refractivity contribution in [1.82, 2.24) is 0 Å². The van der Waals surface area contributed by atoms with Crippen molar-refractivity contribution in [2.45, 2.75) is 45.4 Å². The molecule has 1 heteroatoms. The van der Waals surface area contributed by atoms with E-state index in [2.05, 4.69) is 20.4 Å². The van der Waals surface area contributed by atoms with Gasteiger partial charge in [-0.15, -0.1) is 6.58 Å². The van der Waals surface area contributed by atoms with E-state index in [9.17, 15) is 4.79 Å². The lowest BCUT2D eigenvalue weighted by atomic mass is 9.99. The Labute approximate surface area is 82.2 Å². The third kappa shape index (κ3) is 9.32. The Morgan fingerprint density at radius 3 is 2.62 bits per heavy atom. The van der Waals surface area contributed by atoms with Gasteiger partial charge in [0, 0.05) is 13.3 Å². The summed E-state index contributed by atoms with van der Waals surface area (Å²) in [7, 11) is 0. The third-order valence-electron chi connectivity index (χ3n) is 2.22. The molecule has 0 rings (SSSR count). The van der Waals surface area contributed by atoms with Gasteiger partial charge in [-0.05, 0) is 18.8 Å². The van der Waals surface area contributed by atoms with Gasteiger partial charge in [-0.2, -0.15) is 0 Å². The Balaban J connectivity index is 3.15. The van der Waals surface area contributed by atoms with Gasteiger partial charge in [0.25, 0.3) is 0 Å². The lowest BCUT2D eigenvalue weighted by molar-refractivity contribution is -0.114. The quantitative estimate of drug-likeness (QED) is 0.413. The number of rotatable bonds is 8. The molecule has 0 aliphatic rings. The van der Waals surface area contributed by atoms with Gasteiger partial charge in [0.1, 0.15) is 5.78 Å². The third-order valence-corrected chi connectivity index (χ3v) is 2.22. The number of unbranched alkanes of at least 4 members (excludes halogenated alkanes) is 2. The summed E-state index contributed by atoms with van der Waals surface area (Å²) in [4.78, 5) is 10.5. The fourth-order valence-electron chi connectivity index (χ4n) is 1.39. The second-order valence-corrected chi connectivity index (χ2v) is 3.77. The minimum atomic E-state index is 0.0686. The van der Waals surface area contributed by atoms with Crippen molar-refractivity contribution in [3.63, 3.8) is 0 Å². The molecule has 0 saturated heterocycles. The zero-order valence-electron chi connectivity index (χ0n) is 8.72. The van der Waals surface area contributed by atoms with Crippen molar-refractivity contribution in [1.29, 1.82) is 0 Å². The van der Waals surface area contributed by atoms with Gasteiger partial charge in [-0.1, -0.05) is 32.3 Å². The summed E-state index contributed by atoms with van der Waals surface area (Å²) >= 11 is 0. The van der Waals surface area contributed by atoms with Crippen LogP contribution in [0.25, 0.3) is 0 Å². The molecule has 0 amide bonds. The van der Waals surface area contributed by atoms with Gasteiger partial charge in [0.05, 0.1) is 0 Å². The Kier molecular flexibility index (Phi) is 7.66. The Morgan fingerprint density at radius 1 is 1.38 bits per heavy atom. The smallest absolute Gasteiger partial charge is 0.133 e. The molecule has 0 fully saturated rings. The van der Waals surface area contributed by atoms with Crippen LogP contribution in [0.4, 0.5) is 0 Å². The first-order valence-corrected chi connectivity index (χ1v) is 5.12. The van der Waals surface area contributed by atoms with Gasteiger partial charge >= 0.3 is 0 Å². The first-order chi connectivity index (χ1) is 6.16. The normalized spacial score (nSPS) is 12.5. The summed E-state index contributed by atoms with van der Waals surface area (Å²) in [5.41, 5.74) is 0. The highest BCUT2D eigenvalue weighted by Gasteiger charge is 1.99. The van der Waals surface area contributed by atoms with E-state index in [0.717, 1.165) is 25.2 Å². The van der Waals surface area contributed by atoms with E-state index in [1.54, 1.807) is 0 Å². The number of carbonyl (C=O) groups is 1. The van der Waals surface area contributed by atoms with Crippen molar-refractivity contribution in [3.05, 3.63) is 19.6 Å². The summed E-state index contributed by atoms with van der Waals surface area (Å²) in [6.45, 7) is 9.31. The summed E-state index contributed by atoms with van der Waals surface area (Å²) in [5, 5.41) is 0. The molecule has 0 aliphatic heterocycles. The Bertz CT molecular complexity index is 149. The summed E-state index contributed by atoms with van der Waals surface area (Å²) < 4.78 is 0. The SMILES string of the molecule is [CH2]C(=O)CCCCC[C@@H](C)CC=C. The molecule has 0 aromatic rings. The van der Waals surface area contributed by atoms with Gasteiger partial charge in [-0.3, -0.25) is 4.79 Å². The van der Waals surface area contributed by atoms with Crippen LogP contribution in [0.15, 0.2) is 12.7 Å². The average molecular weight is 181 g/mol. The standard InChI is InChI=1S/C12H21O/c1-4-8-11(2)9-6-5-7-10-12(3)13/h4,11H,1,3,5-10H2,2H3/t11-/m0/s1. The van der Waals surface area contributed by atoms with Gasteiger partial charge < -0.3 is 0 Å². The van der Waals surface area contributed by atoms with E-state index in [0.29, 0.717) is 6.42 Å². The van der Waals surface area contributed by atoms with Crippen molar-refractivity contribution >= 4 is 5.78 Å². The molecule has 0 aliphatic carbocycles. The second-order valence-electron chi connectivity index (χ2n) is 3.77. The molecular weight excluding hydrogens is 160 g/mol. The van der Waals surface area contributed by atoms with E-state index in [1.807, 2.05) is 6.08 Å². The second kappa shape index (κ2) is 8.03. The predicted octanol–water partition coefficient (Wildman–Crippen LogP) is 3.55. The monoisotopic (exact) mass is 181 g/mol. The molecule has 75 valence electrons. The number of allylic oxidation sites excluding steroid dienone is 1. The molecule has 0 saturated carbocycles. The van der Waals surface area contributed by atoms with Crippen molar-refractivity contribution < 1.29 is 4.79 Å². The molecule has 0 aromatic carbocycles. The zero-order valence-corrected chi connectivity index (χ0v) is 8.72. The summed E-state index contributed by atoms with van der Waals surface area (Å²) in [6, 6.07) is 0. The highest BCUT2D eigenvalue weighted by molar-refractivity contribution is 5.82. The van der Waals surface area contributed by atoms with Gasteiger partial charge in [0.15, 0.2) is 0 Å². The number of carbonyl (C=O) groups excluding carboxylic acids is 1. The highest BCUT2D eigenvalue weighted by atomic mass is 16.1. The maximum Gasteiger partial charge on any atom is 0.133 e. The fourth-order valence-corrected chi connectivity index (χ4v) is 1.39. The van der Waals surface area contributed by atoms with Crippen molar-refractivity contribution in [3.8, 4) is 0 Å². The van der Waals surface area contributed by atoms with E-state index < -0.39 is 0 Å². The summed E-state index contributed by atoms with van der Waals surface area (Å²) in [6.07, 6.45) is 8.36. The van der Waals surface area contributed by atoms with Crippen LogP contribution >= 0.6 is 0 Å². The van der Waals surface area contributed by atoms with Crippen LogP contribution in [0.1, 0.15) is 45.4 Å². The minimum absolute atomic E-state index is 0.0686. The van der Waals surface area contributed by atoms with E-state index in [1.165, 1.54) is 12.8 Å². The van der Waals surface area contributed by atoms with Crippen LogP contribution in [-0.2, 0) is 4.79 Å². The predicted molar refractivity (Wildman–Crippen MR) is 57.4 cm³/mol. The van der Waals surface area contributed by atoms with Crippen LogP contribution in [0.3, 0.4) is 0 Å². The molecular formula is C12H21O. The lowest BCUT2D eigenvalue weighted by Gasteiger charge is -2.07. The zero-order chi connectivity index (χ0) is 10.1. The fraction of sp³-hybridized carbons (Fsp3) is 0.667. The molecule has 0 N–H and O–H groups in total. The number of ketones is 1.